The van der Waals surface area contributed by atoms with Crippen LogP contribution in [0.4, 0.5) is 0 Å². The van der Waals surface area contributed by atoms with Gasteiger partial charge in [0.2, 0.25) is 9.84 Å². The van der Waals surface area contributed by atoms with Gasteiger partial charge in [-0.1, -0.05) is 0 Å². The van der Waals surface area contributed by atoms with Gasteiger partial charge in [-0.3, -0.25) is 0 Å². The fourth-order valence-corrected chi connectivity index (χ4v) is 5.58. The molecule has 0 heterocycles. The minimum Gasteiger partial charge on any atom is -0.508 e. The normalized spacial score (nSPS) is 12.5. The van der Waals surface area contributed by atoms with E-state index in [9.17, 15) is 38.4 Å². The lowest BCUT2D eigenvalue weighted by Gasteiger charge is -2.14. The van der Waals surface area contributed by atoms with Gasteiger partial charge in [0.25, 0.3) is 0 Å². The van der Waals surface area contributed by atoms with Crippen LogP contribution in [0.1, 0.15) is 31.8 Å². The topological polar surface area (TPSA) is 186 Å². The molecule has 4 rings (SSSR count). The number of benzene rings is 4. The first-order chi connectivity index (χ1) is 22.3. The third kappa shape index (κ3) is 9.94. The number of carbonyl (C=O) groups is 2. The lowest BCUT2D eigenvalue weighted by molar-refractivity contribution is 0.0127. The van der Waals surface area contributed by atoms with Gasteiger partial charge in [-0.2, -0.15) is 0 Å². The van der Waals surface area contributed by atoms with Gasteiger partial charge in [0.15, 0.2) is 0 Å². The van der Waals surface area contributed by atoms with E-state index in [0.717, 1.165) is 0 Å². The van der Waals surface area contributed by atoms with E-state index in [0.29, 0.717) is 11.1 Å². The Bertz CT molecular complexity index is 1630. The van der Waals surface area contributed by atoms with Crippen LogP contribution < -0.4 is 9.47 Å². The van der Waals surface area contributed by atoms with Crippen molar-refractivity contribution in [3.05, 3.63) is 107 Å². The van der Waals surface area contributed by atoms with Crippen LogP contribution >= 0.6 is 0 Å². The third-order valence-electron chi connectivity index (χ3n) is 6.56. The highest BCUT2D eigenvalue weighted by molar-refractivity contribution is 7.91. The van der Waals surface area contributed by atoms with Crippen molar-refractivity contribution in [2.24, 2.45) is 0 Å². The fourth-order valence-electron chi connectivity index (χ4n) is 4.32. The highest BCUT2D eigenvalue weighted by Crippen LogP contribution is 2.25. The number of phenols is 2. The van der Waals surface area contributed by atoms with E-state index in [2.05, 4.69) is 0 Å². The number of aromatic hydroxyl groups is 2. The number of carbonyl (C=O) groups excluding carboxylic acids is 2. The van der Waals surface area contributed by atoms with E-state index in [1.807, 2.05) is 0 Å². The summed E-state index contributed by atoms with van der Waals surface area (Å²) >= 11 is 0. The average Bonchev–Trinajstić information content (AvgIpc) is 3.03. The Hall–Kier alpha value is -5.11. The molecule has 4 aromatic rings. The van der Waals surface area contributed by atoms with Crippen molar-refractivity contribution < 1.29 is 57.4 Å². The highest BCUT2D eigenvalue weighted by atomic mass is 32.2. The zero-order valence-electron chi connectivity index (χ0n) is 25.5. The molecule has 0 aliphatic carbocycles. The predicted molar refractivity (Wildman–Crippen MR) is 168 cm³/mol. The van der Waals surface area contributed by atoms with E-state index < -0.39 is 34.0 Å². The van der Waals surface area contributed by atoms with Crippen molar-refractivity contribution in [3.63, 3.8) is 0 Å². The lowest BCUT2D eigenvalue weighted by atomic mass is 10.1. The van der Waals surface area contributed by atoms with Crippen LogP contribution in [0.2, 0.25) is 0 Å². The van der Waals surface area contributed by atoms with E-state index in [1.165, 1.54) is 72.8 Å². The van der Waals surface area contributed by atoms with Crippen LogP contribution in [-0.2, 0) is 19.3 Å². The number of rotatable bonds is 14. The van der Waals surface area contributed by atoms with Gasteiger partial charge in [-0.05, 0) is 110 Å². The number of hydrogen-bond acceptors (Lipinski definition) is 12. The van der Waals surface area contributed by atoms with E-state index in [4.69, 9.17) is 18.9 Å². The first-order valence-corrected chi connectivity index (χ1v) is 15.8. The lowest BCUT2D eigenvalue weighted by Crippen LogP contribution is -2.25. The van der Waals surface area contributed by atoms with E-state index >= 15 is 0 Å². The molecule has 0 saturated heterocycles. The van der Waals surface area contributed by atoms with Crippen LogP contribution in [0.5, 0.6) is 23.0 Å². The summed E-state index contributed by atoms with van der Waals surface area (Å²) in [5, 5.41) is 39.6. The maximum absolute atomic E-state index is 13.1. The summed E-state index contributed by atoms with van der Waals surface area (Å²) in [5.74, 6) is -1.02. The third-order valence-corrected chi connectivity index (χ3v) is 8.35. The number of hydrogen-bond donors (Lipinski definition) is 4. The standard InChI is InChI=1S/C34H34O12S/c1-21-11-23(15-25(35)13-21)33(39)45-19-27(37)17-43-29-3-7-31(8-4-29)47(41,42)32-9-5-30(6-10-32)44-18-28(38)20-46-34(40)24-12-22(2)14-26(36)16-24/h3-16,27-28,35-38H,17-20H2,1-2H3. The van der Waals surface area contributed by atoms with Crippen LogP contribution in [0.3, 0.4) is 0 Å². The molecule has 0 saturated carbocycles. The minimum atomic E-state index is -3.90. The van der Waals surface area contributed by atoms with Gasteiger partial charge in [0.1, 0.15) is 61.6 Å². The molecule has 12 nitrogen and oxygen atoms in total. The van der Waals surface area contributed by atoms with Gasteiger partial charge in [-0.15, -0.1) is 0 Å². The number of esters is 2. The van der Waals surface area contributed by atoms with E-state index in [1.54, 1.807) is 26.0 Å². The molecule has 13 heteroatoms. The van der Waals surface area contributed by atoms with Gasteiger partial charge in [0, 0.05) is 0 Å². The quantitative estimate of drug-likeness (QED) is 0.143. The maximum Gasteiger partial charge on any atom is 0.338 e. The SMILES string of the molecule is Cc1cc(O)cc(C(=O)OCC(O)COc2ccc(S(=O)(=O)c3ccc(OCC(O)COC(=O)c4cc(C)cc(O)c4)cc3)cc2)c1. The molecule has 4 aromatic carbocycles. The molecule has 0 amide bonds. The Labute approximate surface area is 271 Å². The monoisotopic (exact) mass is 666 g/mol. The number of aryl methyl sites for hydroxylation is 2. The highest BCUT2D eigenvalue weighted by Gasteiger charge is 2.19. The summed E-state index contributed by atoms with van der Waals surface area (Å²) < 4.78 is 47.4. The molecule has 0 aromatic heterocycles. The van der Waals surface area contributed by atoms with Crippen LogP contribution in [0.25, 0.3) is 0 Å². The Kier molecular flexibility index (Phi) is 11.4. The van der Waals surface area contributed by atoms with Gasteiger partial charge in [-0.25, -0.2) is 18.0 Å². The number of ether oxygens (including phenoxy) is 4. The number of sulfone groups is 1. The second kappa shape index (κ2) is 15.5. The summed E-state index contributed by atoms with van der Waals surface area (Å²) in [5.41, 5.74) is 1.63. The molecule has 0 aliphatic rings. The van der Waals surface area contributed by atoms with Crippen molar-refractivity contribution in [3.8, 4) is 23.0 Å². The van der Waals surface area contributed by atoms with Crippen LogP contribution in [-0.4, -0.2) is 79.4 Å². The zero-order chi connectivity index (χ0) is 34.1. The van der Waals surface area contributed by atoms with Crippen molar-refractivity contribution in [2.75, 3.05) is 26.4 Å². The van der Waals surface area contributed by atoms with Crippen LogP contribution in [0.15, 0.2) is 94.7 Å². The summed E-state index contributed by atoms with van der Waals surface area (Å²) in [4.78, 5) is 24.3. The molecule has 0 fully saturated rings. The van der Waals surface area contributed by atoms with E-state index in [-0.39, 0.29) is 70.3 Å². The first-order valence-electron chi connectivity index (χ1n) is 14.3. The zero-order valence-corrected chi connectivity index (χ0v) is 26.3. The van der Waals surface area contributed by atoms with Crippen molar-refractivity contribution in [1.82, 2.24) is 0 Å². The van der Waals surface area contributed by atoms with Gasteiger partial charge >= 0.3 is 11.9 Å². The molecule has 0 spiro atoms. The summed E-state index contributed by atoms with van der Waals surface area (Å²) in [6, 6.07) is 19.7. The molecule has 2 unspecified atom stereocenters. The molecular formula is C34H34O12S. The number of aliphatic hydroxyl groups is 2. The van der Waals surface area contributed by atoms with Crippen LogP contribution in [0, 0.1) is 13.8 Å². The maximum atomic E-state index is 13.1. The fraction of sp³-hybridized carbons (Fsp3) is 0.235. The Morgan fingerprint density at radius 2 is 0.957 bits per heavy atom. The smallest absolute Gasteiger partial charge is 0.338 e. The molecule has 248 valence electrons. The Morgan fingerprint density at radius 1 is 0.596 bits per heavy atom. The van der Waals surface area contributed by atoms with Crippen molar-refractivity contribution in [1.29, 1.82) is 0 Å². The Morgan fingerprint density at radius 3 is 1.30 bits per heavy atom. The van der Waals surface area contributed by atoms with Gasteiger partial charge in [0.05, 0.1) is 20.9 Å². The molecule has 0 bridgehead atoms. The van der Waals surface area contributed by atoms with Gasteiger partial charge < -0.3 is 39.4 Å². The Balaban J connectivity index is 1.22. The number of phenolic OH excluding ortho intramolecular Hbond substituents is 2. The average molecular weight is 667 g/mol. The first kappa shape index (κ1) is 34.8. The molecule has 2 atom stereocenters. The second-order valence-corrected chi connectivity index (χ2v) is 12.6. The summed E-state index contributed by atoms with van der Waals surface area (Å²) in [6.45, 7) is 2.26. The second-order valence-electron chi connectivity index (χ2n) is 10.7. The van der Waals surface area contributed by atoms with Crippen molar-refractivity contribution in [2.45, 2.75) is 35.8 Å². The molecule has 47 heavy (non-hydrogen) atoms. The largest absolute Gasteiger partial charge is 0.508 e. The molecule has 0 radical (unpaired) electrons. The number of aliphatic hydroxyl groups excluding tert-OH is 2. The molecule has 0 aliphatic heterocycles. The van der Waals surface area contributed by atoms with Crippen molar-refractivity contribution >= 4 is 21.8 Å². The minimum absolute atomic E-state index is 0.00595. The summed E-state index contributed by atoms with van der Waals surface area (Å²) in [7, 11) is -3.90. The summed E-state index contributed by atoms with van der Waals surface area (Å²) in [6.07, 6.45) is -2.32. The predicted octanol–water partition coefficient (Wildman–Crippen LogP) is 3.74. The molecule has 4 N–H and O–H groups in total. The molecular weight excluding hydrogens is 632 g/mol.